The first-order chi connectivity index (χ1) is 3.46. The predicted octanol–water partition coefficient (Wildman–Crippen LogP) is 6.80. The highest BCUT2D eigenvalue weighted by atomic mass is 80.0. The van der Waals surface area contributed by atoms with Gasteiger partial charge in [0, 0.05) is 0 Å². The summed E-state index contributed by atoms with van der Waals surface area (Å²) in [4.78, 5) is 0. The third-order valence-electron chi connectivity index (χ3n) is 0. The Morgan fingerprint density at radius 3 is 0.500 bits per heavy atom. The zero-order chi connectivity index (χ0) is 7.15. The summed E-state index contributed by atoms with van der Waals surface area (Å²) in [6, 6.07) is 0. The zero-order valence-corrected chi connectivity index (χ0v) is 14.5. The van der Waals surface area contributed by atoms with Crippen molar-refractivity contribution in [1.29, 1.82) is 0 Å². The maximum Gasteiger partial charge on any atom is 0.103 e. The van der Waals surface area contributed by atoms with Gasteiger partial charge < -0.3 is 0 Å². The van der Waals surface area contributed by atoms with Crippen molar-refractivity contribution in [3.8, 4) is 0 Å². The lowest BCUT2D eigenvalue weighted by Crippen LogP contribution is -0.878. The minimum atomic E-state index is -0.183. The van der Waals surface area contributed by atoms with Gasteiger partial charge in [0.05, 0.1) is 0 Å². The summed E-state index contributed by atoms with van der Waals surface area (Å²) in [7, 11) is 0. The third kappa shape index (κ3) is 53.2. The SMILES string of the molecule is BrP(Br)Br.BrP(Br)Br. The fraction of sp³-hybridized carbons (Fsp3) is 0. The maximum absolute atomic E-state index is 3.17. The third-order valence-corrected chi connectivity index (χ3v) is 0. The molecule has 0 spiro atoms. The van der Waals surface area contributed by atoms with Gasteiger partial charge in [-0.3, -0.25) is 0 Å². The number of hydrogen-bond donors (Lipinski definition) is 0. The minimum Gasteiger partial charge on any atom is -0.0344 e. The van der Waals surface area contributed by atoms with Crippen LogP contribution in [0.4, 0.5) is 0 Å². The average molecular weight is 541 g/mol. The van der Waals surface area contributed by atoms with Crippen LogP contribution in [0, 0.1) is 0 Å². The van der Waals surface area contributed by atoms with Crippen LogP contribution < -0.4 is 0 Å². The van der Waals surface area contributed by atoms with E-state index in [1.807, 2.05) is 0 Å². The predicted molar refractivity (Wildman–Crippen MR) is 67.4 cm³/mol. The van der Waals surface area contributed by atoms with Crippen LogP contribution in [0.3, 0.4) is 0 Å². The Kier molecular flexibility index (Phi) is 19.2. The van der Waals surface area contributed by atoms with Crippen LogP contribution in [-0.2, 0) is 0 Å². The van der Waals surface area contributed by atoms with E-state index in [-0.39, 0.29) is 8.06 Å². The molecule has 0 aromatic carbocycles. The molecule has 0 nitrogen and oxygen atoms in total. The quantitative estimate of drug-likeness (QED) is 0.296. The molecule has 0 unspecified atom stereocenters. The Morgan fingerprint density at radius 1 is 0.500 bits per heavy atom. The minimum absolute atomic E-state index is 0.183. The van der Waals surface area contributed by atoms with E-state index in [0.29, 0.717) is 0 Å². The first-order valence-corrected chi connectivity index (χ1v) is 15.8. The van der Waals surface area contributed by atoms with Crippen LogP contribution in [0.15, 0.2) is 0 Å². The highest BCUT2D eigenvalue weighted by molar-refractivity contribution is 9.93. The van der Waals surface area contributed by atoms with Gasteiger partial charge in [0.1, 0.15) is 8.06 Å². The van der Waals surface area contributed by atoms with Crippen LogP contribution in [-0.4, -0.2) is 0 Å². The molecule has 0 saturated heterocycles. The van der Waals surface area contributed by atoms with Gasteiger partial charge in [-0.25, -0.2) is 0 Å². The average Bonchev–Trinajstić information content (AvgIpc) is 1.25. The van der Waals surface area contributed by atoms with Crippen LogP contribution in [0.5, 0.6) is 0 Å². The number of halogens is 6. The second kappa shape index (κ2) is 10.7. The normalized spacial score (nSPS) is 9.00. The molecule has 0 atom stereocenters. The van der Waals surface area contributed by atoms with Crippen molar-refractivity contribution in [3.63, 3.8) is 0 Å². The molecule has 0 aliphatic rings. The molecular weight excluding hydrogens is 541 g/mol. The van der Waals surface area contributed by atoms with E-state index in [0.717, 1.165) is 0 Å². The van der Waals surface area contributed by atoms with Gasteiger partial charge in [-0.1, -0.05) is 0 Å². The fourth-order valence-electron chi connectivity index (χ4n) is 0. The summed E-state index contributed by atoms with van der Waals surface area (Å²) in [6.45, 7) is 0. The smallest absolute Gasteiger partial charge is 0.0344 e. The Labute approximate surface area is 99.3 Å². The molecule has 0 aliphatic carbocycles. The maximum atomic E-state index is 3.17. The van der Waals surface area contributed by atoms with Crippen molar-refractivity contribution in [2.75, 3.05) is 0 Å². The van der Waals surface area contributed by atoms with Gasteiger partial charge in [-0.05, 0) is 92.9 Å². The first-order valence-electron chi connectivity index (χ1n) is 1.01. The van der Waals surface area contributed by atoms with E-state index < -0.39 is 0 Å². The second-order valence-electron chi connectivity index (χ2n) is 0.383. The van der Waals surface area contributed by atoms with E-state index in [9.17, 15) is 0 Å². The van der Waals surface area contributed by atoms with E-state index in [1.165, 1.54) is 0 Å². The van der Waals surface area contributed by atoms with Gasteiger partial charge >= 0.3 is 0 Å². The summed E-state index contributed by atoms with van der Waals surface area (Å²) in [6.07, 6.45) is 0. The summed E-state index contributed by atoms with van der Waals surface area (Å²) < 4.78 is -0.366. The van der Waals surface area contributed by atoms with Crippen molar-refractivity contribution in [3.05, 3.63) is 0 Å². The second-order valence-corrected chi connectivity index (χ2v) is 31.0. The molecule has 0 aliphatic heterocycles. The van der Waals surface area contributed by atoms with Crippen LogP contribution in [0.1, 0.15) is 0 Å². The monoisotopic (exact) mass is 535 g/mol. The molecule has 8 heavy (non-hydrogen) atoms. The van der Waals surface area contributed by atoms with Gasteiger partial charge in [0.25, 0.3) is 0 Å². The Morgan fingerprint density at radius 2 is 0.500 bits per heavy atom. The summed E-state index contributed by atoms with van der Waals surface area (Å²) >= 11 is 19.0. The highest BCUT2D eigenvalue weighted by Crippen LogP contribution is 2.59. The number of rotatable bonds is 0. The molecule has 0 saturated carbocycles. The van der Waals surface area contributed by atoms with E-state index in [1.54, 1.807) is 0 Å². The van der Waals surface area contributed by atoms with E-state index in [4.69, 9.17) is 0 Å². The molecule has 0 heterocycles. The van der Waals surface area contributed by atoms with Crippen molar-refractivity contribution in [1.82, 2.24) is 0 Å². The van der Waals surface area contributed by atoms with Crippen LogP contribution >= 0.6 is 101 Å². The van der Waals surface area contributed by atoms with Crippen LogP contribution in [0.25, 0.3) is 0 Å². The van der Waals surface area contributed by atoms with Crippen molar-refractivity contribution in [2.45, 2.75) is 0 Å². The van der Waals surface area contributed by atoms with Gasteiger partial charge in [-0.2, -0.15) is 0 Å². The van der Waals surface area contributed by atoms with Crippen molar-refractivity contribution in [2.24, 2.45) is 0 Å². The summed E-state index contributed by atoms with van der Waals surface area (Å²) in [5.74, 6) is 0. The van der Waals surface area contributed by atoms with E-state index in [2.05, 4.69) is 92.9 Å². The lowest BCUT2D eigenvalue weighted by molar-refractivity contribution is 5.92. The molecule has 0 radical (unpaired) electrons. The Balaban J connectivity index is 0. The molecule has 0 amide bonds. The van der Waals surface area contributed by atoms with Crippen molar-refractivity contribution < 1.29 is 0 Å². The van der Waals surface area contributed by atoms with Gasteiger partial charge in [0.15, 0.2) is 0 Å². The summed E-state index contributed by atoms with van der Waals surface area (Å²) in [5.41, 5.74) is 0. The molecule has 0 N–H and O–H groups in total. The molecular formula is Br6P2. The van der Waals surface area contributed by atoms with Crippen molar-refractivity contribution >= 4 is 101 Å². The largest absolute Gasteiger partial charge is 0.103 e. The Hall–Kier alpha value is 3.74. The summed E-state index contributed by atoms with van der Waals surface area (Å²) in [5, 5.41) is 0. The fourth-order valence-corrected chi connectivity index (χ4v) is 0. The molecule has 0 aromatic heterocycles. The van der Waals surface area contributed by atoms with E-state index >= 15 is 0 Å². The van der Waals surface area contributed by atoms with Crippen LogP contribution in [0.2, 0.25) is 0 Å². The molecule has 8 heteroatoms. The highest BCUT2D eigenvalue weighted by Gasteiger charge is 1.77. The number of hydrogen-bond acceptors (Lipinski definition) is 0. The molecule has 0 bridgehead atoms. The first kappa shape index (κ1) is 14.3. The lowest BCUT2D eigenvalue weighted by Gasteiger charge is -1.70. The van der Waals surface area contributed by atoms with Gasteiger partial charge in [0.2, 0.25) is 0 Å². The van der Waals surface area contributed by atoms with Gasteiger partial charge in [-0.15, -0.1) is 0 Å². The zero-order valence-electron chi connectivity index (χ0n) is 3.16. The molecule has 0 fully saturated rings. The Bertz CT molecular complexity index is 22.0. The molecule has 0 rings (SSSR count). The molecule has 52 valence electrons. The lowest BCUT2D eigenvalue weighted by atomic mass is 30.9. The standard InChI is InChI=1S/2Br3P/c2*1-4(2)3. The molecule has 0 aromatic rings. The topological polar surface area (TPSA) is 0 Å².